The summed E-state index contributed by atoms with van der Waals surface area (Å²) in [4.78, 5) is 0. The minimum atomic E-state index is -0.417. The van der Waals surface area contributed by atoms with Crippen molar-refractivity contribution in [3.63, 3.8) is 0 Å². The van der Waals surface area contributed by atoms with Crippen LogP contribution < -0.4 is 38.9 Å². The van der Waals surface area contributed by atoms with Crippen molar-refractivity contribution >= 4 is 0 Å². The van der Waals surface area contributed by atoms with Gasteiger partial charge in [-0.25, -0.2) is 0 Å². The first-order chi connectivity index (χ1) is 1.41. The van der Waals surface area contributed by atoms with Crippen LogP contribution in [0, 0.1) is 11.3 Å². The molecule has 0 bridgehead atoms. The molecule has 0 saturated heterocycles. The van der Waals surface area contributed by atoms with Crippen LogP contribution in [0.3, 0.4) is 0 Å². The van der Waals surface area contributed by atoms with Gasteiger partial charge in [-0.05, 0) is 0 Å². The van der Waals surface area contributed by atoms with Gasteiger partial charge in [-0.1, -0.05) is 0 Å². The van der Waals surface area contributed by atoms with Crippen LogP contribution in [0.1, 0.15) is 0 Å². The van der Waals surface area contributed by atoms with Gasteiger partial charge in [0.1, 0.15) is 0 Å². The number of hydrogen-bond acceptors (Lipinski definition) is 2. The molecule has 0 fully saturated rings. The van der Waals surface area contributed by atoms with E-state index in [1.807, 2.05) is 0 Å². The second kappa shape index (κ2) is 35.6. The van der Waals surface area contributed by atoms with Crippen LogP contribution in [0.25, 0.3) is 0 Å². The Balaban J connectivity index is -0.00000000667. The van der Waals surface area contributed by atoms with Gasteiger partial charge in [-0.2, -0.15) is 0 Å². The largest absolute Gasteiger partial charge is 1.00 e. The summed E-state index contributed by atoms with van der Waals surface area (Å²) in [6, 6.07) is 0. The Morgan fingerprint density at radius 1 is 1.00 bits per heavy atom. The molecule has 0 unspecified atom stereocenters. The molecule has 0 saturated carbocycles. The Bertz CT molecular complexity index is 7.51. The van der Waals surface area contributed by atoms with E-state index in [2.05, 4.69) is 0 Å². The van der Waals surface area contributed by atoms with Crippen LogP contribution in [0.4, 0.5) is 0 Å². The zero-order valence-corrected chi connectivity index (χ0v) is 5.95. The first-order valence-corrected chi connectivity index (χ1v) is 0.926. The number of hydrogen-bond donors (Lipinski definition) is 0. The van der Waals surface area contributed by atoms with Crippen molar-refractivity contribution in [2.75, 3.05) is 0 Å². The zero-order valence-electron chi connectivity index (χ0n) is 3.19. The van der Waals surface area contributed by atoms with Crippen molar-refractivity contribution in [3.8, 4) is 0 Å². The molecule has 0 rings (SSSR count). The molecule has 36 valence electrons. The fourth-order valence-corrected chi connectivity index (χ4v) is 0. The zero-order chi connectivity index (χ0) is 2.71. The van der Waals surface area contributed by atoms with E-state index in [0.717, 1.165) is 0 Å². The van der Waals surface area contributed by atoms with Crippen molar-refractivity contribution < 1.29 is 61.2 Å². The van der Waals surface area contributed by atoms with Gasteiger partial charge in [0.25, 0.3) is 0 Å². The van der Waals surface area contributed by atoms with Crippen LogP contribution >= 0.6 is 0 Å². The molecule has 0 aliphatic carbocycles. The summed E-state index contributed by atoms with van der Waals surface area (Å²) in [6.07, 6.45) is 0. The average Bonchev–Trinajstić information content (AvgIpc) is 0.918. The normalized spacial score (nSPS) is 3.00. The van der Waals surface area contributed by atoms with Crippen LogP contribution in [0.5, 0.6) is 0 Å². The van der Waals surface area contributed by atoms with Gasteiger partial charge in [-0.3, -0.25) is 0 Å². The van der Waals surface area contributed by atoms with Crippen molar-refractivity contribution in [1.29, 1.82) is 0 Å². The minimum absolute atomic E-state index is 0. The maximum absolute atomic E-state index is 8.24. The van der Waals surface area contributed by atoms with Crippen LogP contribution in [-0.4, -0.2) is 11.0 Å². The van der Waals surface area contributed by atoms with E-state index in [1.165, 1.54) is 0 Å². The molecule has 0 radical (unpaired) electrons. The molecule has 6 heavy (non-hydrogen) atoms. The molecular formula is H4ClNaO4. The van der Waals surface area contributed by atoms with Gasteiger partial charge in [0.2, 0.25) is 0 Å². The Morgan fingerprint density at radius 3 is 1.00 bits per heavy atom. The molecule has 4 N–H and O–H groups in total. The van der Waals surface area contributed by atoms with Gasteiger partial charge < -0.3 is 20.3 Å². The maximum Gasteiger partial charge on any atom is 1.00 e. The Hall–Kier alpha value is 1.13. The standard InChI is InChI=1S/ClO2.Na.2H2O/c2-1-3;;;/h;;2*1H2/q-1;+1;;. The summed E-state index contributed by atoms with van der Waals surface area (Å²) in [5.41, 5.74) is 0. The number of halogens is 1. The average molecular weight is 126 g/mol. The molecule has 0 amide bonds. The van der Waals surface area contributed by atoms with Gasteiger partial charge in [0.05, 0.1) is 11.3 Å². The van der Waals surface area contributed by atoms with Gasteiger partial charge in [0.15, 0.2) is 0 Å². The molecule has 0 atom stereocenters. The van der Waals surface area contributed by atoms with E-state index in [9.17, 15) is 0 Å². The molecule has 0 aliphatic rings. The van der Waals surface area contributed by atoms with E-state index >= 15 is 0 Å². The quantitative estimate of drug-likeness (QED) is 0.301. The SMILES string of the molecule is O.O.[Na+].[O-][Cl+][O-]. The molecule has 0 aliphatic heterocycles. The smallest absolute Gasteiger partial charge is 0.544 e. The molecule has 6 heteroatoms. The molecule has 0 aromatic rings. The third kappa shape index (κ3) is 68.5. The minimum Gasteiger partial charge on any atom is -0.544 e. The monoisotopic (exact) mass is 126 g/mol. The van der Waals surface area contributed by atoms with Crippen molar-refractivity contribution in [3.05, 3.63) is 0 Å². The first kappa shape index (κ1) is 27.3. The van der Waals surface area contributed by atoms with E-state index in [4.69, 9.17) is 9.32 Å². The van der Waals surface area contributed by atoms with E-state index < -0.39 is 11.3 Å². The predicted molar refractivity (Wildman–Crippen MR) is 7.23 cm³/mol. The Labute approximate surface area is 61.1 Å². The topological polar surface area (TPSA) is 109 Å². The van der Waals surface area contributed by atoms with Gasteiger partial charge in [-0.15, -0.1) is 0 Å². The summed E-state index contributed by atoms with van der Waals surface area (Å²) in [6.45, 7) is 0. The summed E-state index contributed by atoms with van der Waals surface area (Å²) in [7, 11) is 0. The second-order valence-corrected chi connectivity index (χ2v) is 0.189. The Kier molecular flexibility index (Phi) is 162. The van der Waals surface area contributed by atoms with Crippen molar-refractivity contribution in [2.45, 2.75) is 0 Å². The van der Waals surface area contributed by atoms with Gasteiger partial charge in [0, 0.05) is 0 Å². The predicted octanol–water partition coefficient (Wildman–Crippen LogP) is -7.02. The molecule has 0 aromatic heterocycles. The van der Waals surface area contributed by atoms with Crippen LogP contribution in [0.15, 0.2) is 0 Å². The van der Waals surface area contributed by atoms with E-state index in [0.29, 0.717) is 0 Å². The molecule has 0 aromatic carbocycles. The summed E-state index contributed by atoms with van der Waals surface area (Å²) in [5.74, 6) is 0. The third-order valence-corrected chi connectivity index (χ3v) is 0. The summed E-state index contributed by atoms with van der Waals surface area (Å²) in [5, 5.41) is 0. The van der Waals surface area contributed by atoms with Crippen molar-refractivity contribution in [1.82, 2.24) is 0 Å². The Morgan fingerprint density at radius 2 is 1.00 bits per heavy atom. The van der Waals surface area contributed by atoms with Gasteiger partial charge >= 0.3 is 29.6 Å². The number of rotatable bonds is 0. The van der Waals surface area contributed by atoms with E-state index in [1.54, 1.807) is 0 Å². The maximum atomic E-state index is 8.24. The fraction of sp³-hybridized carbons (Fsp3) is 0. The second-order valence-electron chi connectivity index (χ2n) is 0.0630. The fourth-order valence-electron chi connectivity index (χ4n) is 0. The van der Waals surface area contributed by atoms with E-state index in [-0.39, 0.29) is 40.5 Å². The van der Waals surface area contributed by atoms with Crippen LogP contribution in [0.2, 0.25) is 0 Å². The van der Waals surface area contributed by atoms with Crippen molar-refractivity contribution in [2.24, 2.45) is 0 Å². The van der Waals surface area contributed by atoms with Crippen LogP contribution in [-0.2, 0) is 0 Å². The third-order valence-electron chi connectivity index (χ3n) is 0. The first-order valence-electron chi connectivity index (χ1n) is 0.309. The summed E-state index contributed by atoms with van der Waals surface area (Å²) >= 11 is -0.417. The summed E-state index contributed by atoms with van der Waals surface area (Å²) < 4.78 is 16.5. The molecular weight excluding hydrogens is 122 g/mol. The molecule has 0 heterocycles. The molecule has 0 spiro atoms. The molecule has 4 nitrogen and oxygen atoms in total.